The molecule has 2 aromatic rings. The molecule has 1 aromatic carbocycles. The minimum atomic E-state index is -3.93. The Morgan fingerprint density at radius 3 is 1.32 bits per heavy atom. The maximum absolute atomic E-state index is 13.4. The van der Waals surface area contributed by atoms with Gasteiger partial charge in [-0.2, -0.15) is 0 Å². The van der Waals surface area contributed by atoms with Crippen molar-refractivity contribution in [3.05, 3.63) is 41.1 Å². The third-order valence-corrected chi connectivity index (χ3v) is 12.6. The molecule has 0 saturated carbocycles. The second-order valence-corrected chi connectivity index (χ2v) is 21.5. The molecule has 3 rings (SSSR count). The molecule has 1 aliphatic heterocycles. The van der Waals surface area contributed by atoms with Crippen LogP contribution in [-0.4, -0.2) is 161 Å². The summed E-state index contributed by atoms with van der Waals surface area (Å²) in [6.45, 7) is 18.4. The average molecular weight is 930 g/mol. The minimum Gasteiger partial charge on any atom is -0.496 e. The molecule has 0 amide bonds. The zero-order valence-electron chi connectivity index (χ0n) is 40.7. The quantitative estimate of drug-likeness (QED) is 0.0934. The van der Waals surface area contributed by atoms with Crippen LogP contribution in [0.4, 0.5) is 0 Å². The summed E-state index contributed by atoms with van der Waals surface area (Å²) < 4.78 is 30.1. The molecule has 16 nitrogen and oxygen atoms in total. The molecule has 1 saturated heterocycles. The molecule has 1 fully saturated rings. The highest BCUT2D eigenvalue weighted by Gasteiger charge is 2.37. The van der Waals surface area contributed by atoms with Gasteiger partial charge in [-0.3, -0.25) is 38.5 Å². The SMILES string of the molecule is COc1cc(OC)c(C#Cc2cc(CN3C[C@H](CC(C)C)N(CC(=O)O)C[C@H](CC(C)C)N(CC(=O)O)C[C@H](CC(C)C)N(CC(=O)O)C[C@@H]3CC(C)C)nc(P(C)(=O)O)c2)c(OC)c1. The number of carboxylic acids is 3. The summed E-state index contributed by atoms with van der Waals surface area (Å²) in [4.78, 5) is 62.1. The molecule has 364 valence electrons. The lowest BCUT2D eigenvalue weighted by molar-refractivity contribution is -0.143. The van der Waals surface area contributed by atoms with Crippen molar-refractivity contribution < 1.29 is 53.4 Å². The number of hydrogen-bond donors (Lipinski definition) is 4. The normalized spacial score (nSPS) is 20.8. The molecule has 4 N–H and O–H groups in total. The second-order valence-electron chi connectivity index (χ2n) is 19.3. The molecule has 65 heavy (non-hydrogen) atoms. The van der Waals surface area contributed by atoms with Gasteiger partial charge in [-0.25, -0.2) is 4.98 Å². The van der Waals surface area contributed by atoms with Gasteiger partial charge in [0.05, 0.1) is 46.7 Å². The third-order valence-electron chi connectivity index (χ3n) is 11.5. The van der Waals surface area contributed by atoms with Gasteiger partial charge in [0.2, 0.25) is 7.37 Å². The number of carbonyl (C=O) groups is 3. The number of ether oxygens (including phenoxy) is 3. The van der Waals surface area contributed by atoms with Crippen molar-refractivity contribution in [3.8, 4) is 29.1 Å². The van der Waals surface area contributed by atoms with E-state index in [0.29, 0.717) is 72.8 Å². The lowest BCUT2D eigenvalue weighted by Gasteiger charge is -2.46. The van der Waals surface area contributed by atoms with Crippen LogP contribution in [0.3, 0.4) is 0 Å². The Labute approximate surface area is 387 Å². The fourth-order valence-electron chi connectivity index (χ4n) is 8.92. The van der Waals surface area contributed by atoms with E-state index in [2.05, 4.69) is 72.1 Å². The topological polar surface area (TPSA) is 203 Å². The van der Waals surface area contributed by atoms with Gasteiger partial charge >= 0.3 is 17.9 Å². The van der Waals surface area contributed by atoms with Crippen LogP contribution in [0.5, 0.6) is 17.2 Å². The summed E-state index contributed by atoms with van der Waals surface area (Å²) in [6, 6.07) is 5.30. The summed E-state index contributed by atoms with van der Waals surface area (Å²) in [5, 5.41) is 31.2. The van der Waals surface area contributed by atoms with E-state index >= 15 is 0 Å². The van der Waals surface area contributed by atoms with Gasteiger partial charge in [0, 0.05) is 81.3 Å². The van der Waals surface area contributed by atoms with Gasteiger partial charge in [-0.1, -0.05) is 67.2 Å². The lowest BCUT2D eigenvalue weighted by Crippen LogP contribution is -2.60. The number of methoxy groups -OCH3 is 3. The molecule has 0 radical (unpaired) electrons. The first kappa shape index (κ1) is 55.1. The molecule has 5 atom stereocenters. The third kappa shape index (κ3) is 18.2. The van der Waals surface area contributed by atoms with Crippen molar-refractivity contribution in [2.24, 2.45) is 23.7 Å². The molecule has 1 unspecified atom stereocenters. The molecule has 0 bridgehead atoms. The Balaban J connectivity index is 2.42. The van der Waals surface area contributed by atoms with Crippen LogP contribution in [0.1, 0.15) is 97.9 Å². The van der Waals surface area contributed by atoms with E-state index < -0.39 is 25.3 Å². The van der Waals surface area contributed by atoms with Gasteiger partial charge in [0.25, 0.3) is 0 Å². The highest BCUT2D eigenvalue weighted by molar-refractivity contribution is 7.65. The fourth-order valence-corrected chi connectivity index (χ4v) is 9.61. The zero-order chi connectivity index (χ0) is 48.8. The first-order valence-corrected chi connectivity index (χ1v) is 24.8. The molecule has 2 heterocycles. The number of rotatable bonds is 20. The highest BCUT2D eigenvalue weighted by Crippen LogP contribution is 2.35. The van der Waals surface area contributed by atoms with Gasteiger partial charge in [-0.15, -0.1) is 0 Å². The maximum Gasteiger partial charge on any atom is 0.317 e. The van der Waals surface area contributed by atoms with E-state index in [1.807, 2.05) is 14.7 Å². The summed E-state index contributed by atoms with van der Waals surface area (Å²) in [5.74, 6) is 5.19. The summed E-state index contributed by atoms with van der Waals surface area (Å²) >= 11 is 0. The van der Waals surface area contributed by atoms with Gasteiger partial charge < -0.3 is 34.4 Å². The first-order valence-electron chi connectivity index (χ1n) is 22.7. The second kappa shape index (κ2) is 25.6. The van der Waals surface area contributed by atoms with Crippen molar-refractivity contribution in [1.29, 1.82) is 0 Å². The Kier molecular flexibility index (Phi) is 21.7. The van der Waals surface area contributed by atoms with E-state index in [1.165, 1.54) is 34.1 Å². The molecule has 0 spiro atoms. The van der Waals surface area contributed by atoms with Crippen molar-refractivity contribution in [2.75, 3.05) is 73.8 Å². The monoisotopic (exact) mass is 930 g/mol. The fraction of sp³-hybridized carbons (Fsp3) is 0.667. The maximum atomic E-state index is 13.4. The number of hydrogen-bond acceptors (Lipinski definition) is 12. The molecular formula is C48H76N5O11P. The minimum absolute atomic E-state index is 0.0338. The number of nitrogens with zero attached hydrogens (tertiary/aromatic N) is 5. The Bertz CT molecular complexity index is 1960. The van der Waals surface area contributed by atoms with Gasteiger partial charge in [0.1, 0.15) is 28.2 Å². The van der Waals surface area contributed by atoms with Crippen LogP contribution in [0.15, 0.2) is 24.3 Å². The highest BCUT2D eigenvalue weighted by atomic mass is 31.2. The number of pyridine rings is 1. The summed E-state index contributed by atoms with van der Waals surface area (Å²) in [5.41, 5.74) is 1.29. The number of benzene rings is 1. The molecule has 17 heteroatoms. The van der Waals surface area contributed by atoms with Crippen LogP contribution < -0.4 is 19.6 Å². The smallest absolute Gasteiger partial charge is 0.317 e. The lowest BCUT2D eigenvalue weighted by atomic mass is 9.93. The van der Waals surface area contributed by atoms with Crippen molar-refractivity contribution in [3.63, 3.8) is 0 Å². The standard InChI is InChI=1S/C48H76N5O11P/c1-31(2)15-37-25-51(28-46(54)55)39(17-33(5)6)27-53(30-48(58)59)40(18-34(7)8)26-52(29-47(56)57)38(16-32(3)4)24-50(37)23-36-19-35(20-45(49-36)65(12,60)61)13-14-42-43(63-10)21-41(62-9)22-44(42)64-11/h19-22,31-34,37-40H,15-18,23-30H2,1-12H3,(H,54,55)(H,56,57)(H,58,59)(H,60,61)/t37-,38-,39-,40-/m0/s1. The largest absolute Gasteiger partial charge is 0.496 e. The van der Waals surface area contributed by atoms with Crippen LogP contribution >= 0.6 is 7.37 Å². The Hall–Kier alpha value is -4.23. The Morgan fingerprint density at radius 1 is 0.631 bits per heavy atom. The van der Waals surface area contributed by atoms with E-state index in [4.69, 9.17) is 19.2 Å². The van der Waals surface area contributed by atoms with Crippen LogP contribution in [-0.2, 0) is 25.5 Å². The van der Waals surface area contributed by atoms with Crippen LogP contribution in [0.2, 0.25) is 0 Å². The van der Waals surface area contributed by atoms with Gasteiger partial charge in [0.15, 0.2) is 0 Å². The summed E-state index contributed by atoms with van der Waals surface area (Å²) in [6.07, 6.45) is 2.43. The van der Waals surface area contributed by atoms with E-state index in [-0.39, 0.29) is 92.5 Å². The predicted molar refractivity (Wildman–Crippen MR) is 253 cm³/mol. The van der Waals surface area contributed by atoms with Gasteiger partial charge in [-0.05, 0) is 61.5 Å². The predicted octanol–water partition coefficient (Wildman–Crippen LogP) is 5.67. The van der Waals surface area contributed by atoms with Crippen LogP contribution in [0.25, 0.3) is 0 Å². The molecule has 0 aliphatic carbocycles. The van der Waals surface area contributed by atoms with Crippen molar-refractivity contribution in [1.82, 2.24) is 24.6 Å². The average Bonchev–Trinajstić information content (AvgIpc) is 3.18. The molecular weight excluding hydrogens is 854 g/mol. The number of aliphatic carboxylic acids is 3. The number of aromatic nitrogens is 1. The Morgan fingerprint density at radius 2 is 1.00 bits per heavy atom. The van der Waals surface area contributed by atoms with E-state index in [9.17, 15) is 39.2 Å². The molecule has 1 aromatic heterocycles. The number of carboxylic acid groups (broad SMARTS) is 3. The van der Waals surface area contributed by atoms with E-state index in [1.54, 1.807) is 18.2 Å². The first-order chi connectivity index (χ1) is 30.4. The van der Waals surface area contributed by atoms with E-state index in [0.717, 1.165) is 0 Å². The zero-order valence-corrected chi connectivity index (χ0v) is 41.6. The summed E-state index contributed by atoms with van der Waals surface area (Å²) in [7, 11) is 0.615. The van der Waals surface area contributed by atoms with Crippen molar-refractivity contribution >= 4 is 30.7 Å². The van der Waals surface area contributed by atoms with Crippen molar-refractivity contribution in [2.45, 2.75) is 112 Å². The molecule has 1 aliphatic rings. The van der Waals surface area contributed by atoms with Crippen LogP contribution in [0, 0.1) is 35.5 Å².